The Hall–Kier alpha value is -1.51. The van der Waals surface area contributed by atoms with Crippen molar-refractivity contribution >= 4 is 27.3 Å². The zero-order valence-corrected chi connectivity index (χ0v) is 15.7. The number of benzene rings is 1. The Balaban J connectivity index is 1.62. The average molecular weight is 402 g/mol. The molecule has 1 aromatic carbocycles. The molecule has 0 spiro atoms. The van der Waals surface area contributed by atoms with Crippen LogP contribution in [0.3, 0.4) is 0 Å². The van der Waals surface area contributed by atoms with Crippen LogP contribution in [-0.2, 0) is 14.6 Å². The summed E-state index contributed by atoms with van der Waals surface area (Å²) in [4.78, 5) is 14.8. The number of nitrogens with zero attached hydrogens (tertiary/aromatic N) is 1. The number of carbonyl (C=O) groups excluding carboxylic acids is 1. The second-order valence-corrected chi connectivity index (χ2v) is 9.48. The molecule has 2 saturated heterocycles. The zero-order chi connectivity index (χ0) is 18.3. The van der Waals surface area contributed by atoms with Crippen LogP contribution in [0.2, 0.25) is 5.02 Å². The van der Waals surface area contributed by atoms with E-state index in [2.05, 4.69) is 0 Å². The van der Waals surface area contributed by atoms with Crippen LogP contribution < -0.4 is 9.47 Å². The molecule has 0 bridgehead atoms. The monoisotopic (exact) mass is 401 g/mol. The van der Waals surface area contributed by atoms with Gasteiger partial charge in [-0.15, -0.1) is 0 Å². The fourth-order valence-electron chi connectivity index (χ4n) is 3.68. The Bertz CT molecular complexity index is 821. The number of fused-ring (bicyclic) bond motifs is 1. The highest BCUT2D eigenvalue weighted by Crippen LogP contribution is 2.40. The molecule has 2 atom stereocenters. The summed E-state index contributed by atoms with van der Waals surface area (Å²) in [5.74, 6) is 0.690. The molecular weight excluding hydrogens is 382 g/mol. The van der Waals surface area contributed by atoms with Gasteiger partial charge in [-0.2, -0.15) is 0 Å². The van der Waals surface area contributed by atoms with Gasteiger partial charge in [0.15, 0.2) is 21.3 Å². The Kier molecular flexibility index (Phi) is 4.75. The normalized spacial score (nSPS) is 26.2. The number of carbonyl (C=O) groups is 1. The molecule has 3 aliphatic heterocycles. The highest BCUT2D eigenvalue weighted by atomic mass is 35.5. The lowest BCUT2D eigenvalue weighted by molar-refractivity contribution is 0.0441. The van der Waals surface area contributed by atoms with Gasteiger partial charge in [0.05, 0.1) is 22.6 Å². The summed E-state index contributed by atoms with van der Waals surface area (Å²) in [5.41, 5.74) is 0.363. The highest BCUT2D eigenvalue weighted by molar-refractivity contribution is 7.91. The minimum atomic E-state index is -3.11. The first-order valence-corrected chi connectivity index (χ1v) is 10.8. The van der Waals surface area contributed by atoms with Gasteiger partial charge in [0.2, 0.25) is 6.79 Å². The molecule has 0 radical (unpaired) electrons. The first-order valence-electron chi connectivity index (χ1n) is 8.65. The summed E-state index contributed by atoms with van der Waals surface area (Å²) in [6.07, 6.45) is 2.20. The Labute approximate surface area is 157 Å². The van der Waals surface area contributed by atoms with E-state index in [1.165, 1.54) is 0 Å². The first kappa shape index (κ1) is 17.9. The Morgan fingerprint density at radius 1 is 1.27 bits per heavy atom. The van der Waals surface area contributed by atoms with Crippen molar-refractivity contribution < 1.29 is 27.4 Å². The molecule has 142 valence electrons. The number of halogens is 1. The van der Waals surface area contributed by atoms with Gasteiger partial charge < -0.3 is 19.1 Å². The molecule has 3 aliphatic rings. The second-order valence-electron chi connectivity index (χ2n) is 6.84. The molecule has 1 aromatic rings. The molecular formula is C17H20ClNO6S. The smallest absolute Gasteiger partial charge is 0.254 e. The van der Waals surface area contributed by atoms with Gasteiger partial charge in [0.1, 0.15) is 0 Å². The van der Waals surface area contributed by atoms with E-state index in [4.69, 9.17) is 25.8 Å². The van der Waals surface area contributed by atoms with Crippen molar-refractivity contribution in [3.63, 3.8) is 0 Å². The number of rotatable bonds is 4. The number of hydrogen-bond donors (Lipinski definition) is 0. The molecule has 2 fully saturated rings. The fourth-order valence-corrected chi connectivity index (χ4v) is 5.68. The zero-order valence-electron chi connectivity index (χ0n) is 14.1. The minimum absolute atomic E-state index is 0.0102. The minimum Gasteiger partial charge on any atom is -0.454 e. The van der Waals surface area contributed by atoms with Gasteiger partial charge in [-0.1, -0.05) is 11.6 Å². The van der Waals surface area contributed by atoms with Crippen molar-refractivity contribution in [3.05, 3.63) is 22.7 Å². The van der Waals surface area contributed by atoms with Crippen LogP contribution in [0.5, 0.6) is 11.5 Å². The van der Waals surface area contributed by atoms with Crippen LogP contribution in [0.1, 0.15) is 29.6 Å². The van der Waals surface area contributed by atoms with Crippen molar-refractivity contribution in [2.24, 2.45) is 0 Å². The molecule has 0 saturated carbocycles. The number of ether oxygens (including phenoxy) is 3. The number of sulfone groups is 1. The van der Waals surface area contributed by atoms with E-state index >= 15 is 0 Å². The van der Waals surface area contributed by atoms with Crippen LogP contribution >= 0.6 is 11.6 Å². The van der Waals surface area contributed by atoms with E-state index in [1.54, 1.807) is 17.0 Å². The lowest BCUT2D eigenvalue weighted by Gasteiger charge is -2.30. The molecule has 9 heteroatoms. The van der Waals surface area contributed by atoms with Gasteiger partial charge in [0.25, 0.3) is 5.91 Å². The summed E-state index contributed by atoms with van der Waals surface area (Å²) in [7, 11) is -3.11. The summed E-state index contributed by atoms with van der Waals surface area (Å²) in [5, 5.41) is 0.305. The summed E-state index contributed by atoms with van der Waals surface area (Å²) >= 11 is 6.20. The van der Waals surface area contributed by atoms with Gasteiger partial charge in [-0.05, 0) is 31.4 Å². The Morgan fingerprint density at radius 3 is 2.81 bits per heavy atom. The van der Waals surface area contributed by atoms with Crippen LogP contribution in [0.15, 0.2) is 12.1 Å². The predicted octanol–water partition coefficient (Wildman–Crippen LogP) is 1.88. The molecule has 0 aliphatic carbocycles. The van der Waals surface area contributed by atoms with Gasteiger partial charge in [0, 0.05) is 24.8 Å². The van der Waals surface area contributed by atoms with E-state index < -0.39 is 9.84 Å². The lowest BCUT2D eigenvalue weighted by atomic mass is 10.1. The van der Waals surface area contributed by atoms with Gasteiger partial charge in [-0.3, -0.25) is 4.79 Å². The third kappa shape index (κ3) is 3.50. The summed E-state index contributed by atoms with van der Waals surface area (Å²) in [6, 6.07) is 2.80. The van der Waals surface area contributed by atoms with Crippen molar-refractivity contribution in [2.75, 3.05) is 31.5 Å². The van der Waals surface area contributed by atoms with E-state index in [9.17, 15) is 13.2 Å². The van der Waals surface area contributed by atoms with E-state index in [0.717, 1.165) is 12.8 Å². The highest BCUT2D eigenvalue weighted by Gasteiger charge is 2.37. The van der Waals surface area contributed by atoms with E-state index in [1.807, 2.05) is 0 Å². The van der Waals surface area contributed by atoms with Crippen LogP contribution in [0, 0.1) is 0 Å². The maximum Gasteiger partial charge on any atom is 0.254 e. The number of hydrogen-bond acceptors (Lipinski definition) is 6. The molecule has 1 amide bonds. The van der Waals surface area contributed by atoms with Crippen molar-refractivity contribution in [3.8, 4) is 11.5 Å². The quantitative estimate of drug-likeness (QED) is 0.766. The molecule has 26 heavy (non-hydrogen) atoms. The SMILES string of the molecule is O=C(c1cc(Cl)c2c(c1)OCO2)N(C[C@@H]1CCCO1)[C@H]1CCS(=O)(=O)C1. The maximum absolute atomic E-state index is 13.2. The molecule has 7 nitrogen and oxygen atoms in total. The molecule has 0 aromatic heterocycles. The van der Waals surface area contributed by atoms with Gasteiger partial charge in [-0.25, -0.2) is 8.42 Å². The van der Waals surface area contributed by atoms with Crippen LogP contribution in [-0.4, -0.2) is 62.8 Å². The largest absolute Gasteiger partial charge is 0.454 e. The van der Waals surface area contributed by atoms with E-state index in [-0.39, 0.29) is 36.4 Å². The molecule has 4 rings (SSSR count). The first-order chi connectivity index (χ1) is 12.4. The standard InChI is InChI=1S/C17H20ClNO6S/c18-14-6-11(7-15-16(14)25-10-24-15)17(20)19(8-13-2-1-4-23-13)12-3-5-26(21,22)9-12/h6-7,12-13H,1-5,8-10H2/t12-,13-/m0/s1. The van der Waals surface area contributed by atoms with Crippen LogP contribution in [0.4, 0.5) is 0 Å². The third-order valence-corrected chi connectivity index (χ3v) is 7.04. The van der Waals surface area contributed by atoms with Gasteiger partial charge >= 0.3 is 0 Å². The summed E-state index contributed by atoms with van der Waals surface area (Å²) in [6.45, 7) is 1.11. The fraction of sp³-hybridized carbons (Fsp3) is 0.588. The summed E-state index contributed by atoms with van der Waals surface area (Å²) < 4.78 is 40.1. The average Bonchev–Trinajstić information content (AvgIpc) is 3.32. The number of amides is 1. The topological polar surface area (TPSA) is 82.1 Å². The lowest BCUT2D eigenvalue weighted by Crippen LogP contribution is -2.45. The second kappa shape index (κ2) is 6.90. The molecule has 3 heterocycles. The Morgan fingerprint density at radius 2 is 2.12 bits per heavy atom. The van der Waals surface area contributed by atoms with Crippen molar-refractivity contribution in [2.45, 2.75) is 31.4 Å². The van der Waals surface area contributed by atoms with Crippen molar-refractivity contribution in [1.82, 2.24) is 4.90 Å². The molecule has 0 N–H and O–H groups in total. The van der Waals surface area contributed by atoms with Crippen molar-refractivity contribution in [1.29, 1.82) is 0 Å². The predicted molar refractivity (Wildman–Crippen MR) is 94.6 cm³/mol. The molecule has 0 unspecified atom stereocenters. The maximum atomic E-state index is 13.2. The third-order valence-electron chi connectivity index (χ3n) is 5.01. The van der Waals surface area contributed by atoms with E-state index in [0.29, 0.717) is 41.7 Å². The van der Waals surface area contributed by atoms with Crippen LogP contribution in [0.25, 0.3) is 0 Å².